The molecule has 0 saturated heterocycles. The first-order chi connectivity index (χ1) is 11.0. The largest absolute Gasteiger partial charge is 0.377 e. The fourth-order valence-electron chi connectivity index (χ4n) is 2.25. The molecule has 1 unspecified atom stereocenters. The Labute approximate surface area is 137 Å². The Morgan fingerprint density at radius 2 is 1.70 bits per heavy atom. The number of ether oxygens (including phenoxy) is 1. The molecule has 1 amide bonds. The van der Waals surface area contributed by atoms with Crippen molar-refractivity contribution in [3.8, 4) is 0 Å². The lowest BCUT2D eigenvalue weighted by Gasteiger charge is -2.24. The lowest BCUT2D eigenvalue weighted by atomic mass is 9.92. The molecule has 0 aliphatic heterocycles. The molecule has 0 aromatic heterocycles. The third-order valence-corrected chi connectivity index (χ3v) is 3.79. The smallest absolute Gasteiger partial charge is 0.244 e. The summed E-state index contributed by atoms with van der Waals surface area (Å²) < 4.78 is 5.37. The van der Waals surface area contributed by atoms with Gasteiger partial charge in [0.2, 0.25) is 5.91 Å². The van der Waals surface area contributed by atoms with Crippen molar-refractivity contribution < 1.29 is 9.53 Å². The van der Waals surface area contributed by atoms with Gasteiger partial charge in [0.25, 0.3) is 0 Å². The SMILES string of the molecule is CCOCc1ccc(CNC(=O)C(C)(N)c2ccccc2)cc1. The molecule has 0 heterocycles. The fraction of sp³-hybridized carbons (Fsp3) is 0.316. The van der Waals surface area contributed by atoms with Gasteiger partial charge in [0, 0.05) is 13.2 Å². The number of carbonyl (C=O) groups is 1. The second-order valence-electron chi connectivity index (χ2n) is 5.70. The van der Waals surface area contributed by atoms with E-state index in [9.17, 15) is 4.79 Å². The Hall–Kier alpha value is -2.17. The molecule has 122 valence electrons. The molecule has 3 N–H and O–H groups in total. The van der Waals surface area contributed by atoms with Crippen molar-refractivity contribution >= 4 is 5.91 Å². The quantitative estimate of drug-likeness (QED) is 0.826. The Bertz CT molecular complexity index is 622. The van der Waals surface area contributed by atoms with Crippen LogP contribution in [0.2, 0.25) is 0 Å². The van der Waals surface area contributed by atoms with Gasteiger partial charge in [0.1, 0.15) is 5.54 Å². The zero-order valence-corrected chi connectivity index (χ0v) is 13.7. The number of rotatable bonds is 7. The topological polar surface area (TPSA) is 64.3 Å². The van der Waals surface area contributed by atoms with Crippen LogP contribution in [0.1, 0.15) is 30.5 Å². The molecule has 2 aromatic carbocycles. The highest BCUT2D eigenvalue weighted by Gasteiger charge is 2.29. The van der Waals surface area contributed by atoms with E-state index in [1.54, 1.807) is 6.92 Å². The molecule has 0 bridgehead atoms. The van der Waals surface area contributed by atoms with Crippen molar-refractivity contribution in [3.63, 3.8) is 0 Å². The van der Waals surface area contributed by atoms with E-state index in [4.69, 9.17) is 10.5 Å². The van der Waals surface area contributed by atoms with Crippen molar-refractivity contribution in [3.05, 3.63) is 71.3 Å². The number of benzene rings is 2. The van der Waals surface area contributed by atoms with E-state index in [0.29, 0.717) is 19.8 Å². The summed E-state index contributed by atoms with van der Waals surface area (Å²) in [5.41, 5.74) is 8.10. The maximum absolute atomic E-state index is 12.4. The van der Waals surface area contributed by atoms with Gasteiger partial charge in [-0.3, -0.25) is 4.79 Å². The summed E-state index contributed by atoms with van der Waals surface area (Å²) in [4.78, 5) is 12.4. The summed E-state index contributed by atoms with van der Waals surface area (Å²) in [6.07, 6.45) is 0. The van der Waals surface area contributed by atoms with Crippen LogP contribution in [-0.4, -0.2) is 12.5 Å². The maximum atomic E-state index is 12.4. The standard InChI is InChI=1S/C19H24N2O2/c1-3-23-14-16-11-9-15(10-12-16)13-21-18(22)19(2,20)17-7-5-4-6-8-17/h4-12H,3,13-14,20H2,1-2H3,(H,21,22). The van der Waals surface area contributed by atoms with E-state index in [1.165, 1.54) is 0 Å². The van der Waals surface area contributed by atoms with Gasteiger partial charge in [0.05, 0.1) is 6.61 Å². The number of amides is 1. The van der Waals surface area contributed by atoms with Gasteiger partial charge in [-0.1, -0.05) is 54.6 Å². The Balaban J connectivity index is 1.93. The zero-order valence-electron chi connectivity index (χ0n) is 13.7. The molecule has 0 saturated carbocycles. The first-order valence-corrected chi connectivity index (χ1v) is 7.82. The normalized spacial score (nSPS) is 13.3. The summed E-state index contributed by atoms with van der Waals surface area (Å²) in [7, 11) is 0. The minimum absolute atomic E-state index is 0.193. The molecule has 2 rings (SSSR count). The number of hydrogen-bond acceptors (Lipinski definition) is 3. The maximum Gasteiger partial charge on any atom is 0.244 e. The van der Waals surface area contributed by atoms with Crippen LogP contribution >= 0.6 is 0 Å². The number of hydrogen-bond donors (Lipinski definition) is 2. The van der Waals surface area contributed by atoms with Crippen LogP contribution in [0.5, 0.6) is 0 Å². The molecule has 23 heavy (non-hydrogen) atoms. The van der Waals surface area contributed by atoms with Crippen molar-refractivity contribution in [1.82, 2.24) is 5.32 Å². The van der Waals surface area contributed by atoms with Crippen LogP contribution < -0.4 is 11.1 Å². The molecule has 0 aliphatic carbocycles. The van der Waals surface area contributed by atoms with Gasteiger partial charge in [-0.05, 0) is 30.5 Å². The third-order valence-electron chi connectivity index (χ3n) is 3.79. The van der Waals surface area contributed by atoms with E-state index >= 15 is 0 Å². The molecule has 0 fully saturated rings. The van der Waals surface area contributed by atoms with E-state index < -0.39 is 5.54 Å². The molecular weight excluding hydrogens is 288 g/mol. The van der Waals surface area contributed by atoms with Crippen molar-refractivity contribution in [1.29, 1.82) is 0 Å². The van der Waals surface area contributed by atoms with Crippen molar-refractivity contribution in [2.75, 3.05) is 6.61 Å². The zero-order chi connectivity index (χ0) is 16.7. The van der Waals surface area contributed by atoms with Gasteiger partial charge < -0.3 is 15.8 Å². The van der Waals surface area contributed by atoms with Gasteiger partial charge >= 0.3 is 0 Å². The third kappa shape index (κ3) is 4.65. The van der Waals surface area contributed by atoms with Crippen molar-refractivity contribution in [2.45, 2.75) is 32.5 Å². The average molecular weight is 312 g/mol. The minimum Gasteiger partial charge on any atom is -0.377 e. The Morgan fingerprint density at radius 3 is 2.30 bits per heavy atom. The second kappa shape index (κ2) is 7.90. The monoisotopic (exact) mass is 312 g/mol. The van der Waals surface area contributed by atoms with Crippen LogP contribution in [0.4, 0.5) is 0 Å². The van der Waals surface area contributed by atoms with Crippen LogP contribution in [0.15, 0.2) is 54.6 Å². The molecule has 4 heteroatoms. The highest BCUT2D eigenvalue weighted by atomic mass is 16.5. The summed E-state index contributed by atoms with van der Waals surface area (Å²) in [5, 5.41) is 2.91. The van der Waals surface area contributed by atoms with Crippen LogP contribution in [0.3, 0.4) is 0 Å². The molecular formula is C19H24N2O2. The molecule has 0 radical (unpaired) electrons. The van der Waals surface area contributed by atoms with Gasteiger partial charge in [0.15, 0.2) is 0 Å². The summed E-state index contributed by atoms with van der Waals surface area (Å²) in [6, 6.07) is 17.4. The molecule has 1 atom stereocenters. The molecule has 4 nitrogen and oxygen atoms in total. The lowest BCUT2D eigenvalue weighted by molar-refractivity contribution is -0.126. The Morgan fingerprint density at radius 1 is 1.09 bits per heavy atom. The number of nitrogens with one attached hydrogen (secondary N) is 1. The van der Waals surface area contributed by atoms with Crippen LogP contribution in [0.25, 0.3) is 0 Å². The highest BCUT2D eigenvalue weighted by molar-refractivity contribution is 5.86. The van der Waals surface area contributed by atoms with E-state index in [1.807, 2.05) is 61.5 Å². The van der Waals surface area contributed by atoms with Crippen molar-refractivity contribution in [2.24, 2.45) is 5.73 Å². The molecule has 0 aliphatic rings. The summed E-state index contributed by atoms with van der Waals surface area (Å²) >= 11 is 0. The van der Waals surface area contributed by atoms with E-state index in [2.05, 4.69) is 5.32 Å². The summed E-state index contributed by atoms with van der Waals surface area (Å²) in [5.74, 6) is -0.193. The first kappa shape index (κ1) is 17.2. The van der Waals surface area contributed by atoms with Gasteiger partial charge in [-0.2, -0.15) is 0 Å². The summed E-state index contributed by atoms with van der Waals surface area (Å²) in [6.45, 7) is 5.46. The number of carbonyl (C=O) groups excluding carboxylic acids is 1. The highest BCUT2D eigenvalue weighted by Crippen LogP contribution is 2.17. The predicted molar refractivity (Wildman–Crippen MR) is 91.6 cm³/mol. The van der Waals surface area contributed by atoms with Crippen LogP contribution in [-0.2, 0) is 28.2 Å². The van der Waals surface area contributed by atoms with E-state index in [-0.39, 0.29) is 5.91 Å². The fourth-order valence-corrected chi connectivity index (χ4v) is 2.25. The Kier molecular flexibility index (Phi) is 5.90. The second-order valence-corrected chi connectivity index (χ2v) is 5.70. The minimum atomic E-state index is -1.05. The molecule has 0 spiro atoms. The molecule has 2 aromatic rings. The predicted octanol–water partition coefficient (Wildman–Crippen LogP) is 2.71. The van der Waals surface area contributed by atoms with Gasteiger partial charge in [-0.15, -0.1) is 0 Å². The number of nitrogens with two attached hydrogens (primary N) is 1. The van der Waals surface area contributed by atoms with E-state index in [0.717, 1.165) is 16.7 Å². The lowest BCUT2D eigenvalue weighted by Crippen LogP contribution is -2.48. The first-order valence-electron chi connectivity index (χ1n) is 7.82. The van der Waals surface area contributed by atoms with Crippen LogP contribution in [0, 0.1) is 0 Å². The average Bonchev–Trinajstić information content (AvgIpc) is 2.59. The van der Waals surface area contributed by atoms with Gasteiger partial charge in [-0.25, -0.2) is 0 Å².